The van der Waals surface area contributed by atoms with Crippen molar-refractivity contribution in [2.45, 2.75) is 76.9 Å². The van der Waals surface area contributed by atoms with Gasteiger partial charge in [0, 0.05) is 36.6 Å². The molecule has 0 radical (unpaired) electrons. The Morgan fingerprint density at radius 2 is 2.03 bits per heavy atom. The molecule has 0 aromatic carbocycles. The van der Waals surface area contributed by atoms with Gasteiger partial charge in [0.15, 0.2) is 5.11 Å². The molecule has 3 heterocycles. The lowest BCUT2D eigenvalue weighted by Crippen LogP contribution is -2.31. The Morgan fingerprint density at radius 1 is 1.25 bits per heavy atom. The minimum absolute atomic E-state index is 0.0258. The largest absolute Gasteiger partial charge is 0.469 e. The summed E-state index contributed by atoms with van der Waals surface area (Å²) in [5.41, 5.74) is 4.92. The van der Waals surface area contributed by atoms with E-state index in [9.17, 15) is 4.79 Å². The van der Waals surface area contributed by atoms with Crippen molar-refractivity contribution in [3.05, 3.63) is 53.1 Å². The van der Waals surface area contributed by atoms with E-state index in [1.54, 1.807) is 0 Å². The van der Waals surface area contributed by atoms with Gasteiger partial charge in [0.2, 0.25) is 0 Å². The Kier molecular flexibility index (Phi) is 7.13. The first-order chi connectivity index (χ1) is 15.5. The Hall–Kier alpha value is -2.41. The Bertz CT molecular complexity index is 952. The van der Waals surface area contributed by atoms with Crippen LogP contribution in [-0.4, -0.2) is 39.2 Å². The average Bonchev–Trinajstić information content (AvgIpc) is 3.29. The Labute approximate surface area is 196 Å². The first kappa shape index (κ1) is 22.8. The second-order valence-corrected chi connectivity index (χ2v) is 9.37. The normalized spacial score (nSPS) is 21.6. The summed E-state index contributed by atoms with van der Waals surface area (Å²) >= 11 is 5.77. The maximum absolute atomic E-state index is 11.7. The highest BCUT2D eigenvalue weighted by Gasteiger charge is 2.41. The summed E-state index contributed by atoms with van der Waals surface area (Å²) in [6, 6.07) is 8.96. The number of hydrogen-bond donors (Lipinski definition) is 1. The van der Waals surface area contributed by atoms with Gasteiger partial charge in [-0.25, -0.2) is 0 Å². The molecule has 32 heavy (non-hydrogen) atoms. The molecule has 1 aliphatic carbocycles. The smallest absolute Gasteiger partial charge is 0.305 e. The number of aryl methyl sites for hydroxylation is 1. The van der Waals surface area contributed by atoms with Gasteiger partial charge in [-0.2, -0.15) is 0 Å². The molecular formula is C25H34N4O2S. The number of methoxy groups -OCH3 is 1. The van der Waals surface area contributed by atoms with Gasteiger partial charge in [-0.1, -0.05) is 25.3 Å². The number of rotatable bonds is 7. The highest BCUT2D eigenvalue weighted by Crippen LogP contribution is 2.42. The molecule has 7 heteroatoms. The molecule has 172 valence electrons. The van der Waals surface area contributed by atoms with Crippen molar-refractivity contribution in [3.63, 3.8) is 0 Å². The van der Waals surface area contributed by atoms with Crippen LogP contribution in [0.4, 0.5) is 0 Å². The third-order valence-corrected chi connectivity index (χ3v) is 7.34. The first-order valence-electron chi connectivity index (χ1n) is 11.7. The lowest BCUT2D eigenvalue weighted by molar-refractivity contribution is -0.140. The predicted octanol–water partition coefficient (Wildman–Crippen LogP) is 4.93. The second-order valence-electron chi connectivity index (χ2n) is 8.99. The van der Waals surface area contributed by atoms with Crippen molar-refractivity contribution in [1.29, 1.82) is 0 Å². The fourth-order valence-corrected chi connectivity index (χ4v) is 5.82. The molecule has 2 atom stereocenters. The molecule has 1 aliphatic heterocycles. The van der Waals surface area contributed by atoms with Crippen molar-refractivity contribution in [1.82, 2.24) is 19.8 Å². The van der Waals surface area contributed by atoms with Gasteiger partial charge in [0.05, 0.1) is 24.9 Å². The van der Waals surface area contributed by atoms with Crippen LogP contribution in [0.5, 0.6) is 0 Å². The van der Waals surface area contributed by atoms with Crippen LogP contribution in [0, 0.1) is 13.8 Å². The van der Waals surface area contributed by atoms with Gasteiger partial charge in [-0.3, -0.25) is 9.78 Å². The number of nitrogens with one attached hydrogen (secondary N) is 1. The number of carbonyl (C=O) groups excluding carboxylic acids is 1. The third kappa shape index (κ3) is 4.53. The summed E-state index contributed by atoms with van der Waals surface area (Å²) in [7, 11) is 1.43. The maximum Gasteiger partial charge on any atom is 0.305 e. The number of nitrogens with zero attached hydrogens (tertiary/aromatic N) is 3. The summed E-state index contributed by atoms with van der Waals surface area (Å²) in [5, 5.41) is 4.25. The van der Waals surface area contributed by atoms with E-state index in [1.165, 1.54) is 56.2 Å². The highest BCUT2D eigenvalue weighted by atomic mass is 32.1. The number of aromatic nitrogens is 2. The van der Waals surface area contributed by atoms with E-state index in [4.69, 9.17) is 17.0 Å². The molecule has 2 aliphatic rings. The number of hydrogen-bond acceptors (Lipinski definition) is 4. The quantitative estimate of drug-likeness (QED) is 0.473. The first-order valence-corrected chi connectivity index (χ1v) is 12.1. The van der Waals surface area contributed by atoms with Crippen LogP contribution in [-0.2, 0) is 9.53 Å². The van der Waals surface area contributed by atoms with E-state index in [2.05, 4.69) is 45.7 Å². The van der Waals surface area contributed by atoms with E-state index < -0.39 is 0 Å². The lowest BCUT2D eigenvalue weighted by Gasteiger charge is -2.29. The van der Waals surface area contributed by atoms with Gasteiger partial charge in [0.1, 0.15) is 0 Å². The standard InChI is InChI=1S/C25H34N4O2S/c1-17-16-20(18(2)29(17)19-10-5-4-6-11-19)24-23(21-12-7-8-14-26-21)27-25(32)28(24)15-9-13-22(30)31-3/h7-8,12,14,16,19,23-24H,4-6,9-11,13,15H2,1-3H3,(H,27,32). The van der Waals surface area contributed by atoms with Crippen molar-refractivity contribution in [3.8, 4) is 0 Å². The monoisotopic (exact) mass is 454 g/mol. The molecule has 6 nitrogen and oxygen atoms in total. The van der Waals surface area contributed by atoms with Crippen LogP contribution in [0.2, 0.25) is 0 Å². The molecule has 2 fully saturated rings. The number of ether oxygens (including phenoxy) is 1. The topological polar surface area (TPSA) is 59.4 Å². The zero-order valence-electron chi connectivity index (χ0n) is 19.3. The van der Waals surface area contributed by atoms with Gasteiger partial charge in [-0.15, -0.1) is 0 Å². The molecule has 1 N–H and O–H groups in total. The minimum atomic E-state index is -0.184. The molecule has 2 unspecified atom stereocenters. The number of esters is 1. The van der Waals surface area contributed by atoms with Crippen LogP contribution in [0.25, 0.3) is 0 Å². The van der Waals surface area contributed by atoms with Crippen molar-refractivity contribution in [2.75, 3.05) is 13.7 Å². The molecule has 2 aromatic rings. The van der Waals surface area contributed by atoms with Gasteiger partial charge < -0.3 is 19.5 Å². The highest BCUT2D eigenvalue weighted by molar-refractivity contribution is 7.80. The van der Waals surface area contributed by atoms with Gasteiger partial charge >= 0.3 is 5.97 Å². The summed E-state index contributed by atoms with van der Waals surface area (Å²) in [4.78, 5) is 18.6. The third-order valence-electron chi connectivity index (χ3n) is 6.99. The minimum Gasteiger partial charge on any atom is -0.469 e. The fraction of sp³-hybridized carbons (Fsp3) is 0.560. The zero-order chi connectivity index (χ0) is 22.7. The molecule has 1 saturated carbocycles. The molecular weight excluding hydrogens is 420 g/mol. The van der Waals surface area contributed by atoms with Crippen molar-refractivity contribution >= 4 is 23.3 Å². The second kappa shape index (κ2) is 10.0. The Balaban J connectivity index is 1.68. The summed E-state index contributed by atoms with van der Waals surface area (Å²) < 4.78 is 7.38. The lowest BCUT2D eigenvalue weighted by atomic mass is 9.94. The predicted molar refractivity (Wildman–Crippen MR) is 129 cm³/mol. The van der Waals surface area contributed by atoms with Crippen LogP contribution in [0.15, 0.2) is 30.5 Å². The van der Waals surface area contributed by atoms with Crippen LogP contribution < -0.4 is 5.32 Å². The average molecular weight is 455 g/mol. The molecule has 4 rings (SSSR count). The van der Waals surface area contributed by atoms with Crippen molar-refractivity contribution < 1.29 is 9.53 Å². The van der Waals surface area contributed by atoms with Crippen LogP contribution in [0.3, 0.4) is 0 Å². The van der Waals surface area contributed by atoms with E-state index in [1.807, 2.05) is 18.3 Å². The summed E-state index contributed by atoms with van der Waals surface area (Å²) in [6.45, 7) is 5.17. The number of carbonyl (C=O) groups is 1. The molecule has 1 saturated heterocycles. The molecule has 0 bridgehead atoms. The maximum atomic E-state index is 11.7. The van der Waals surface area contributed by atoms with E-state index in [0.29, 0.717) is 25.4 Å². The zero-order valence-corrected chi connectivity index (χ0v) is 20.2. The van der Waals surface area contributed by atoms with Crippen LogP contribution >= 0.6 is 12.2 Å². The van der Waals surface area contributed by atoms with E-state index >= 15 is 0 Å². The van der Waals surface area contributed by atoms with Crippen molar-refractivity contribution in [2.24, 2.45) is 0 Å². The summed E-state index contributed by atoms with van der Waals surface area (Å²) in [6.07, 6.45) is 9.39. The molecule has 2 aromatic heterocycles. The number of thiocarbonyl (C=S) groups is 1. The number of pyridine rings is 1. The molecule has 0 amide bonds. The van der Waals surface area contributed by atoms with Gasteiger partial charge in [0.25, 0.3) is 0 Å². The molecule has 0 spiro atoms. The van der Waals surface area contributed by atoms with E-state index in [-0.39, 0.29) is 18.1 Å². The van der Waals surface area contributed by atoms with E-state index in [0.717, 1.165) is 10.8 Å². The summed E-state index contributed by atoms with van der Waals surface area (Å²) in [5.74, 6) is -0.184. The Morgan fingerprint density at radius 3 is 2.72 bits per heavy atom. The fourth-order valence-electron chi connectivity index (χ4n) is 5.48. The van der Waals surface area contributed by atoms with Crippen LogP contribution in [0.1, 0.15) is 85.7 Å². The SMILES string of the molecule is COC(=O)CCCN1C(=S)NC(c2ccccn2)C1c1cc(C)n(C2CCCCC2)c1C. The van der Waals surface area contributed by atoms with Gasteiger partial charge in [-0.05, 0) is 69.1 Å².